The van der Waals surface area contributed by atoms with Crippen LogP contribution in [0.5, 0.6) is 0 Å². The van der Waals surface area contributed by atoms with Crippen molar-refractivity contribution in [1.82, 2.24) is 24.8 Å². The average Bonchev–Trinajstić information content (AvgIpc) is 3.62. The van der Waals surface area contributed by atoms with Crippen molar-refractivity contribution in [3.63, 3.8) is 0 Å². The number of nitrogens with zero attached hydrogens (tertiary/aromatic N) is 4. The molecule has 5 rings (SSSR count). The molecule has 1 amide bonds. The molecule has 0 spiro atoms. The van der Waals surface area contributed by atoms with E-state index in [0.29, 0.717) is 17.0 Å². The van der Waals surface area contributed by atoms with E-state index in [1.54, 1.807) is 6.20 Å². The number of hydrogen-bond donors (Lipinski definition) is 3. The zero-order chi connectivity index (χ0) is 26.6. The lowest BCUT2D eigenvalue weighted by Gasteiger charge is -2.21. The minimum absolute atomic E-state index is 0.254. The molecule has 2 saturated carbocycles. The molecule has 2 heterocycles. The molecule has 4 N–H and O–H groups in total. The zero-order valence-corrected chi connectivity index (χ0v) is 22.5. The summed E-state index contributed by atoms with van der Waals surface area (Å²) < 4.78 is 2.08. The molecular formula is C28H38ClN7O. The molecule has 2 aliphatic rings. The van der Waals surface area contributed by atoms with Crippen LogP contribution in [0.1, 0.15) is 63.3 Å². The first-order chi connectivity index (χ1) is 17.9. The molecule has 1 atom stereocenters. The number of nitrogens with one attached hydrogen (secondary N) is 2. The zero-order valence-electron chi connectivity index (χ0n) is 21.8. The number of hydrogen-bond acceptors (Lipinski definition) is 6. The van der Waals surface area contributed by atoms with E-state index in [4.69, 9.17) is 17.3 Å². The van der Waals surface area contributed by atoms with Gasteiger partial charge in [0.15, 0.2) is 0 Å². The predicted octanol–water partition coefficient (Wildman–Crippen LogP) is 6.05. The Hall–Kier alpha value is -3.39. The Morgan fingerprint density at radius 3 is 2.65 bits per heavy atom. The van der Waals surface area contributed by atoms with Crippen LogP contribution in [0.3, 0.4) is 0 Å². The van der Waals surface area contributed by atoms with Crippen LogP contribution in [-0.4, -0.2) is 32.0 Å². The second-order valence-corrected chi connectivity index (χ2v) is 9.94. The van der Waals surface area contributed by atoms with Gasteiger partial charge in [-0.1, -0.05) is 49.2 Å². The summed E-state index contributed by atoms with van der Waals surface area (Å²) in [5, 5.41) is 6.10. The minimum atomic E-state index is 0.254. The van der Waals surface area contributed by atoms with E-state index in [9.17, 15) is 4.79 Å². The number of imidazole rings is 1. The van der Waals surface area contributed by atoms with Gasteiger partial charge in [0.1, 0.15) is 16.7 Å². The van der Waals surface area contributed by atoms with Crippen LogP contribution < -0.4 is 16.4 Å². The number of carbonyl (C=O) groups is 1. The van der Waals surface area contributed by atoms with Gasteiger partial charge in [-0.3, -0.25) is 4.79 Å². The molecule has 0 aliphatic heterocycles. The molecular weight excluding hydrogens is 486 g/mol. The Morgan fingerprint density at radius 2 is 2.08 bits per heavy atom. The second kappa shape index (κ2) is 14.4. The Kier molecular flexibility index (Phi) is 11.0. The maximum atomic E-state index is 9.54. The third-order valence-corrected chi connectivity index (χ3v) is 6.70. The molecule has 0 bridgehead atoms. The van der Waals surface area contributed by atoms with E-state index in [-0.39, 0.29) is 5.82 Å². The van der Waals surface area contributed by atoms with Crippen LogP contribution in [0.15, 0.2) is 55.0 Å². The molecule has 9 heteroatoms. The van der Waals surface area contributed by atoms with Crippen molar-refractivity contribution in [1.29, 1.82) is 0 Å². The van der Waals surface area contributed by atoms with Crippen LogP contribution in [0, 0.1) is 12.8 Å². The van der Waals surface area contributed by atoms with Gasteiger partial charge in [0.2, 0.25) is 12.4 Å². The highest BCUT2D eigenvalue weighted by molar-refractivity contribution is 6.32. The highest BCUT2D eigenvalue weighted by Gasteiger charge is 2.19. The summed E-state index contributed by atoms with van der Waals surface area (Å²) in [4.78, 5) is 22.0. The number of aromatic nitrogens is 4. The Bertz CT molecular complexity index is 1160. The Labute approximate surface area is 224 Å². The third-order valence-electron chi connectivity index (χ3n) is 6.41. The summed E-state index contributed by atoms with van der Waals surface area (Å²) in [5.41, 5.74) is 9.19. The second-order valence-electron chi connectivity index (χ2n) is 9.53. The molecule has 2 aromatic heterocycles. The quantitative estimate of drug-likeness (QED) is 0.257. The van der Waals surface area contributed by atoms with Gasteiger partial charge in [-0.2, -0.15) is 4.98 Å². The number of nitrogen functional groups attached to an aromatic ring is 1. The molecule has 0 radical (unpaired) electrons. The van der Waals surface area contributed by atoms with Gasteiger partial charge in [0.05, 0.1) is 6.20 Å². The van der Waals surface area contributed by atoms with Crippen molar-refractivity contribution in [2.75, 3.05) is 11.1 Å². The normalized spacial score (nSPS) is 16.5. The van der Waals surface area contributed by atoms with Crippen molar-refractivity contribution >= 4 is 35.5 Å². The number of amides is 1. The van der Waals surface area contributed by atoms with E-state index in [2.05, 4.69) is 49.7 Å². The first-order valence-electron chi connectivity index (χ1n) is 12.9. The van der Waals surface area contributed by atoms with Gasteiger partial charge in [-0.05, 0) is 69.1 Å². The van der Waals surface area contributed by atoms with Crippen LogP contribution in [0.2, 0.25) is 5.02 Å². The average molecular weight is 524 g/mol. The first kappa shape index (κ1) is 28.2. The molecule has 1 unspecified atom stereocenters. The van der Waals surface area contributed by atoms with Gasteiger partial charge in [0.25, 0.3) is 0 Å². The predicted molar refractivity (Wildman–Crippen MR) is 151 cm³/mol. The monoisotopic (exact) mass is 523 g/mol. The summed E-state index contributed by atoms with van der Waals surface area (Å²) in [6.07, 6.45) is 15.1. The standard InChI is InChI=1S/C15H15ClN6.C9H16.C4H7NO/c1-10-18-5-6-22(10)9-11-3-2-4-12(7-11)20-15-19-8-13(16)14(17)21-15;1-3-9-6-4-5-8(2)7-9;6-3-5-4-1-2-4/h2-8H,9H2,1H3,(H3,17,19,20,21);9H,2-7H2,1H3;3-4H,1-2H2,(H,5,6). The summed E-state index contributed by atoms with van der Waals surface area (Å²) in [6.45, 7) is 9.03. The number of halogens is 1. The lowest BCUT2D eigenvalue weighted by Crippen LogP contribution is -2.11. The molecule has 2 fully saturated rings. The fourth-order valence-electron chi connectivity index (χ4n) is 4.03. The SMILES string of the molecule is C=C1CCCC(CC)C1.Cc1nccn1Cc1cccc(Nc2ncc(Cl)c(N)n2)c1.O=CNC1CC1. The number of carbonyl (C=O) groups excluding carboxylic acids is 1. The maximum Gasteiger partial charge on any atom is 0.229 e. The number of anilines is 3. The highest BCUT2D eigenvalue weighted by Crippen LogP contribution is 2.28. The van der Waals surface area contributed by atoms with Crippen LogP contribution in [0.25, 0.3) is 0 Å². The summed E-state index contributed by atoms with van der Waals surface area (Å²) >= 11 is 5.82. The lowest BCUT2D eigenvalue weighted by atomic mass is 9.85. The van der Waals surface area contributed by atoms with E-state index in [1.165, 1.54) is 56.7 Å². The van der Waals surface area contributed by atoms with E-state index >= 15 is 0 Å². The van der Waals surface area contributed by atoms with Gasteiger partial charge in [-0.15, -0.1) is 0 Å². The van der Waals surface area contributed by atoms with Crippen molar-refractivity contribution in [2.24, 2.45) is 5.92 Å². The number of allylic oxidation sites excluding steroid dienone is 1. The Balaban J connectivity index is 0.000000206. The maximum absolute atomic E-state index is 9.54. The van der Waals surface area contributed by atoms with Gasteiger partial charge in [-0.25, -0.2) is 9.97 Å². The number of aryl methyl sites for hydroxylation is 1. The van der Waals surface area contributed by atoms with Crippen molar-refractivity contribution in [3.8, 4) is 0 Å². The number of rotatable bonds is 7. The fourth-order valence-corrected chi connectivity index (χ4v) is 4.12. The minimum Gasteiger partial charge on any atom is -0.382 e. The number of nitrogens with two attached hydrogens (primary N) is 1. The van der Waals surface area contributed by atoms with Gasteiger partial charge < -0.3 is 20.9 Å². The Morgan fingerprint density at radius 1 is 1.27 bits per heavy atom. The molecule has 8 nitrogen and oxygen atoms in total. The third kappa shape index (κ3) is 9.88. The molecule has 2 aliphatic carbocycles. The fraction of sp³-hybridized carbons (Fsp3) is 0.429. The molecule has 3 aromatic rings. The summed E-state index contributed by atoms with van der Waals surface area (Å²) in [6, 6.07) is 8.54. The van der Waals surface area contributed by atoms with Gasteiger partial charge in [0, 0.05) is 30.7 Å². The molecule has 37 heavy (non-hydrogen) atoms. The lowest BCUT2D eigenvalue weighted by molar-refractivity contribution is -0.109. The van der Waals surface area contributed by atoms with Gasteiger partial charge >= 0.3 is 0 Å². The molecule has 198 valence electrons. The summed E-state index contributed by atoms with van der Waals surface area (Å²) in [7, 11) is 0. The van der Waals surface area contributed by atoms with Crippen molar-refractivity contribution < 1.29 is 4.79 Å². The van der Waals surface area contributed by atoms with Crippen LogP contribution >= 0.6 is 11.6 Å². The van der Waals surface area contributed by atoms with E-state index < -0.39 is 0 Å². The summed E-state index contributed by atoms with van der Waals surface area (Å²) in [5.74, 6) is 2.61. The molecule has 0 saturated heterocycles. The topological polar surface area (TPSA) is 111 Å². The van der Waals surface area contributed by atoms with Crippen molar-refractivity contribution in [3.05, 3.63) is 71.4 Å². The van der Waals surface area contributed by atoms with Crippen LogP contribution in [-0.2, 0) is 11.3 Å². The van der Waals surface area contributed by atoms with E-state index in [1.807, 2.05) is 31.3 Å². The van der Waals surface area contributed by atoms with Crippen LogP contribution in [0.4, 0.5) is 17.5 Å². The number of benzene rings is 1. The van der Waals surface area contributed by atoms with Crippen molar-refractivity contribution in [2.45, 2.75) is 71.4 Å². The largest absolute Gasteiger partial charge is 0.382 e. The highest BCUT2D eigenvalue weighted by atomic mass is 35.5. The smallest absolute Gasteiger partial charge is 0.229 e. The molecule has 1 aromatic carbocycles. The van der Waals surface area contributed by atoms with E-state index in [0.717, 1.165) is 35.9 Å². The first-order valence-corrected chi connectivity index (χ1v) is 13.2.